The van der Waals surface area contributed by atoms with Crippen LogP contribution in [-0.2, 0) is 17.8 Å². The number of pyridine rings is 1. The minimum absolute atomic E-state index is 0.153. The number of carbonyl (C=O) groups excluding carboxylic acids is 1. The minimum Gasteiger partial charge on any atom is -0.445 e. The second-order valence-electron chi connectivity index (χ2n) is 7.58. The molecule has 2 atom stereocenters. The minimum atomic E-state index is -0.183. The van der Waals surface area contributed by atoms with Crippen LogP contribution in [0.2, 0.25) is 0 Å². The second-order valence-corrected chi connectivity index (χ2v) is 7.58. The van der Waals surface area contributed by atoms with Crippen LogP contribution in [0.25, 0.3) is 0 Å². The first-order valence-corrected chi connectivity index (χ1v) is 9.80. The van der Waals surface area contributed by atoms with Crippen LogP contribution in [0.1, 0.15) is 42.6 Å². The van der Waals surface area contributed by atoms with Gasteiger partial charge in [-0.3, -0.25) is 9.88 Å². The van der Waals surface area contributed by atoms with Gasteiger partial charge in [-0.25, -0.2) is 4.79 Å². The molecule has 1 fully saturated rings. The van der Waals surface area contributed by atoms with E-state index in [4.69, 9.17) is 4.74 Å². The van der Waals surface area contributed by atoms with Gasteiger partial charge in [0.25, 0.3) is 0 Å². The average Bonchev–Trinajstić information content (AvgIpc) is 2.66. The van der Waals surface area contributed by atoms with Gasteiger partial charge >= 0.3 is 6.09 Å². The number of fused-ring (bicyclic) bond motifs is 2. The number of ether oxygens (including phenoxy) is 1. The number of amides is 1. The number of aryl methyl sites for hydroxylation is 1. The molecule has 1 amide bonds. The Balaban J connectivity index is 1.44. The Bertz CT molecular complexity index is 831. The van der Waals surface area contributed by atoms with Gasteiger partial charge in [0.2, 0.25) is 0 Å². The lowest BCUT2D eigenvalue weighted by Gasteiger charge is -2.44. The molecule has 4 rings (SSSR count). The summed E-state index contributed by atoms with van der Waals surface area (Å²) in [6, 6.07) is 16.4. The molecule has 2 bridgehead atoms. The third-order valence-corrected chi connectivity index (χ3v) is 5.48. The van der Waals surface area contributed by atoms with Gasteiger partial charge in [0, 0.05) is 23.9 Å². The molecule has 0 aliphatic carbocycles. The van der Waals surface area contributed by atoms with Crippen molar-refractivity contribution in [2.45, 2.75) is 57.7 Å². The maximum atomic E-state index is 12.8. The Kier molecular flexibility index (Phi) is 5.23. The van der Waals surface area contributed by atoms with E-state index in [1.807, 2.05) is 48.2 Å². The fraction of sp³-hybridized carbons (Fsp3) is 0.391. The first-order valence-electron chi connectivity index (χ1n) is 9.80. The molecule has 1 saturated heterocycles. The lowest BCUT2D eigenvalue weighted by molar-refractivity contribution is 0.0481. The maximum absolute atomic E-state index is 12.8. The quantitative estimate of drug-likeness (QED) is 0.732. The fourth-order valence-electron chi connectivity index (χ4n) is 4.26. The molecule has 27 heavy (non-hydrogen) atoms. The molecular weight excluding hydrogens is 336 g/mol. The van der Waals surface area contributed by atoms with Crippen LogP contribution in [0.5, 0.6) is 0 Å². The Hall–Kier alpha value is -2.62. The molecule has 0 N–H and O–H groups in total. The summed E-state index contributed by atoms with van der Waals surface area (Å²) in [7, 11) is 0. The Morgan fingerprint density at radius 1 is 1.15 bits per heavy atom. The molecule has 2 aliphatic rings. The van der Waals surface area contributed by atoms with Gasteiger partial charge in [-0.1, -0.05) is 48.0 Å². The first kappa shape index (κ1) is 17.8. The van der Waals surface area contributed by atoms with Crippen molar-refractivity contribution in [3.63, 3.8) is 0 Å². The van der Waals surface area contributed by atoms with Crippen molar-refractivity contribution in [3.8, 4) is 0 Å². The molecule has 1 aromatic carbocycles. The SMILES string of the molecule is Cc1cccc(CC2=CC3CCCC(C2)N3C(=O)OCc2ccccc2)n1. The van der Waals surface area contributed by atoms with Gasteiger partial charge in [-0.05, 0) is 50.3 Å². The van der Waals surface area contributed by atoms with Gasteiger partial charge < -0.3 is 4.74 Å². The summed E-state index contributed by atoms with van der Waals surface area (Å²) >= 11 is 0. The number of hydrogen-bond acceptors (Lipinski definition) is 3. The standard InChI is InChI=1S/C23H26N2O2/c1-17-7-5-10-20(24-17)13-19-14-21-11-6-12-22(15-19)25(21)23(26)27-16-18-8-3-2-4-9-18/h2-5,7-10,14,21-22H,6,11-13,15-16H2,1H3. The lowest BCUT2D eigenvalue weighted by atomic mass is 9.84. The Morgan fingerprint density at radius 3 is 2.78 bits per heavy atom. The van der Waals surface area contributed by atoms with E-state index in [1.165, 1.54) is 12.0 Å². The molecule has 4 heteroatoms. The molecule has 0 radical (unpaired) electrons. The highest BCUT2D eigenvalue weighted by Crippen LogP contribution is 2.34. The van der Waals surface area contributed by atoms with Crippen molar-refractivity contribution < 1.29 is 9.53 Å². The predicted molar refractivity (Wildman–Crippen MR) is 105 cm³/mol. The third kappa shape index (κ3) is 4.21. The van der Waals surface area contributed by atoms with Crippen LogP contribution in [-0.4, -0.2) is 28.1 Å². The fourth-order valence-corrected chi connectivity index (χ4v) is 4.26. The number of aromatic nitrogens is 1. The average molecular weight is 362 g/mol. The van der Waals surface area contributed by atoms with E-state index in [2.05, 4.69) is 23.2 Å². The highest BCUT2D eigenvalue weighted by Gasteiger charge is 2.37. The number of carbonyl (C=O) groups is 1. The van der Waals surface area contributed by atoms with Crippen LogP contribution < -0.4 is 0 Å². The summed E-state index contributed by atoms with van der Waals surface area (Å²) in [5, 5.41) is 0. The maximum Gasteiger partial charge on any atom is 0.410 e. The zero-order valence-corrected chi connectivity index (χ0v) is 15.8. The van der Waals surface area contributed by atoms with Gasteiger partial charge in [-0.15, -0.1) is 0 Å². The number of benzene rings is 1. The van der Waals surface area contributed by atoms with Gasteiger partial charge in [-0.2, -0.15) is 0 Å². The molecule has 3 heterocycles. The second kappa shape index (κ2) is 7.95. The molecule has 0 spiro atoms. The van der Waals surface area contributed by atoms with Crippen LogP contribution in [0.15, 0.2) is 60.2 Å². The summed E-state index contributed by atoms with van der Waals surface area (Å²) < 4.78 is 5.62. The summed E-state index contributed by atoms with van der Waals surface area (Å²) in [4.78, 5) is 19.4. The molecule has 140 valence electrons. The summed E-state index contributed by atoms with van der Waals surface area (Å²) in [5.41, 5.74) is 4.58. The van der Waals surface area contributed by atoms with Crippen LogP contribution in [0.3, 0.4) is 0 Å². The Morgan fingerprint density at radius 2 is 2.00 bits per heavy atom. The van der Waals surface area contributed by atoms with Crippen molar-refractivity contribution in [2.75, 3.05) is 0 Å². The van der Waals surface area contributed by atoms with E-state index in [1.54, 1.807) is 0 Å². The third-order valence-electron chi connectivity index (χ3n) is 5.48. The molecule has 0 saturated carbocycles. The van der Waals surface area contributed by atoms with E-state index in [9.17, 15) is 4.79 Å². The molecule has 2 aromatic rings. The van der Waals surface area contributed by atoms with E-state index in [0.29, 0.717) is 6.61 Å². The van der Waals surface area contributed by atoms with E-state index in [-0.39, 0.29) is 18.2 Å². The van der Waals surface area contributed by atoms with Crippen molar-refractivity contribution in [1.82, 2.24) is 9.88 Å². The van der Waals surface area contributed by atoms with E-state index < -0.39 is 0 Å². The van der Waals surface area contributed by atoms with Crippen molar-refractivity contribution in [1.29, 1.82) is 0 Å². The van der Waals surface area contributed by atoms with Gasteiger partial charge in [0.05, 0.1) is 6.04 Å². The van der Waals surface area contributed by atoms with Crippen LogP contribution >= 0.6 is 0 Å². The molecule has 1 aromatic heterocycles. The van der Waals surface area contributed by atoms with Crippen molar-refractivity contribution >= 4 is 6.09 Å². The van der Waals surface area contributed by atoms with Gasteiger partial charge in [0.15, 0.2) is 0 Å². The lowest BCUT2D eigenvalue weighted by Crippen LogP contribution is -2.52. The number of rotatable bonds is 4. The highest BCUT2D eigenvalue weighted by molar-refractivity contribution is 5.69. The smallest absolute Gasteiger partial charge is 0.410 e. The monoisotopic (exact) mass is 362 g/mol. The molecule has 2 unspecified atom stereocenters. The van der Waals surface area contributed by atoms with E-state index in [0.717, 1.165) is 42.6 Å². The predicted octanol–water partition coefficient (Wildman–Crippen LogP) is 4.82. The molecule has 2 aliphatic heterocycles. The normalized spacial score (nSPS) is 21.5. The van der Waals surface area contributed by atoms with Crippen LogP contribution in [0, 0.1) is 6.92 Å². The van der Waals surface area contributed by atoms with E-state index >= 15 is 0 Å². The zero-order chi connectivity index (χ0) is 18.6. The van der Waals surface area contributed by atoms with Crippen molar-refractivity contribution in [2.24, 2.45) is 0 Å². The topological polar surface area (TPSA) is 42.4 Å². The number of piperidine rings is 1. The zero-order valence-electron chi connectivity index (χ0n) is 15.8. The van der Waals surface area contributed by atoms with Gasteiger partial charge in [0.1, 0.15) is 6.61 Å². The summed E-state index contributed by atoms with van der Waals surface area (Å²) in [5.74, 6) is 0. The molecular formula is C23H26N2O2. The molecule has 4 nitrogen and oxygen atoms in total. The summed E-state index contributed by atoms with van der Waals surface area (Å²) in [6.45, 7) is 2.36. The van der Waals surface area contributed by atoms with Crippen molar-refractivity contribution in [3.05, 3.63) is 77.1 Å². The Labute approximate surface area is 160 Å². The number of nitrogens with zero attached hydrogens (tertiary/aromatic N) is 2. The van der Waals surface area contributed by atoms with Crippen LogP contribution in [0.4, 0.5) is 4.79 Å². The first-order chi connectivity index (χ1) is 13.2. The summed E-state index contributed by atoms with van der Waals surface area (Å²) in [6.07, 6.45) is 7.14. The number of hydrogen-bond donors (Lipinski definition) is 0. The largest absolute Gasteiger partial charge is 0.445 e. The highest BCUT2D eigenvalue weighted by atomic mass is 16.6.